The van der Waals surface area contributed by atoms with Crippen LogP contribution in [-0.2, 0) is 29.7 Å². The number of rotatable bonds is 5. The van der Waals surface area contributed by atoms with Crippen LogP contribution in [0.5, 0.6) is 0 Å². The minimum Gasteiger partial charge on any atom is -0.345 e. The topological polar surface area (TPSA) is 70.5 Å². The Morgan fingerprint density at radius 3 is 2.50 bits per heavy atom. The molecule has 1 aliphatic heterocycles. The first-order valence-electron chi connectivity index (χ1n) is 9.41. The number of likely N-dealkylation sites (N-methyl/N-ethyl adjacent to an activating group) is 1. The van der Waals surface area contributed by atoms with Gasteiger partial charge < -0.3 is 10.2 Å². The zero-order valence-electron chi connectivity index (χ0n) is 16.3. The van der Waals surface area contributed by atoms with Gasteiger partial charge in [0.2, 0.25) is 0 Å². The van der Waals surface area contributed by atoms with Crippen molar-refractivity contribution < 1.29 is 9.59 Å². The lowest BCUT2D eigenvalue weighted by molar-refractivity contribution is -0.145. The number of aromatic nitrogens is 2. The summed E-state index contributed by atoms with van der Waals surface area (Å²) >= 11 is 5.93. The van der Waals surface area contributed by atoms with Gasteiger partial charge in [0.15, 0.2) is 0 Å². The summed E-state index contributed by atoms with van der Waals surface area (Å²) in [5.41, 5.74) is 2.11. The van der Waals surface area contributed by atoms with Crippen LogP contribution < -0.4 is 5.32 Å². The Morgan fingerprint density at radius 1 is 1.21 bits per heavy atom. The summed E-state index contributed by atoms with van der Waals surface area (Å²) in [5, 5.41) is 7.70. The Balaban J connectivity index is 1.42. The molecule has 0 aliphatic carbocycles. The molecule has 2 aromatic rings. The van der Waals surface area contributed by atoms with Crippen molar-refractivity contribution in [2.45, 2.75) is 32.0 Å². The highest BCUT2D eigenvalue weighted by Crippen LogP contribution is 2.16. The van der Waals surface area contributed by atoms with E-state index < -0.39 is 11.8 Å². The van der Waals surface area contributed by atoms with Crippen LogP contribution in [0.1, 0.15) is 24.0 Å². The van der Waals surface area contributed by atoms with Crippen molar-refractivity contribution in [3.8, 4) is 0 Å². The molecule has 1 N–H and O–H groups in total. The summed E-state index contributed by atoms with van der Waals surface area (Å²) in [6, 6.07) is 7.90. The first-order chi connectivity index (χ1) is 13.4. The number of hydrogen-bond donors (Lipinski definition) is 1. The van der Waals surface area contributed by atoms with Gasteiger partial charge >= 0.3 is 11.8 Å². The Labute approximate surface area is 170 Å². The quantitative estimate of drug-likeness (QED) is 0.773. The van der Waals surface area contributed by atoms with E-state index in [1.807, 2.05) is 37.5 Å². The second kappa shape index (κ2) is 9.21. The molecule has 8 heteroatoms. The molecule has 1 aliphatic rings. The second-order valence-corrected chi connectivity index (χ2v) is 7.77. The molecule has 0 atom stereocenters. The monoisotopic (exact) mass is 403 g/mol. The number of likely N-dealkylation sites (tertiary alicyclic amines) is 1. The lowest BCUT2D eigenvalue weighted by Crippen LogP contribution is -2.49. The Kier molecular flexibility index (Phi) is 6.70. The fourth-order valence-corrected chi connectivity index (χ4v) is 3.53. The first kappa shape index (κ1) is 20.4. The SMILES string of the molecule is CN(Cc1cnn(C)c1)C(=O)C(=O)NC1CCN(Cc2ccc(Cl)cc2)CC1. The van der Waals surface area contributed by atoms with E-state index in [1.165, 1.54) is 10.5 Å². The third-order valence-electron chi connectivity index (χ3n) is 4.96. The zero-order valence-corrected chi connectivity index (χ0v) is 17.0. The molecule has 1 saturated heterocycles. The molecule has 7 nitrogen and oxygen atoms in total. The highest BCUT2D eigenvalue weighted by atomic mass is 35.5. The van der Waals surface area contributed by atoms with Gasteiger partial charge in [0.25, 0.3) is 0 Å². The van der Waals surface area contributed by atoms with Gasteiger partial charge in [0, 0.05) is 63.1 Å². The number of carbonyl (C=O) groups excluding carboxylic acids is 2. The van der Waals surface area contributed by atoms with E-state index in [0.29, 0.717) is 6.54 Å². The largest absolute Gasteiger partial charge is 0.345 e. The highest BCUT2D eigenvalue weighted by Gasteiger charge is 2.25. The van der Waals surface area contributed by atoms with E-state index in [4.69, 9.17) is 11.6 Å². The highest BCUT2D eigenvalue weighted by molar-refractivity contribution is 6.35. The van der Waals surface area contributed by atoms with Crippen molar-refractivity contribution in [3.63, 3.8) is 0 Å². The van der Waals surface area contributed by atoms with Gasteiger partial charge in [-0.2, -0.15) is 5.10 Å². The molecule has 0 spiro atoms. The molecule has 2 amide bonds. The van der Waals surface area contributed by atoms with Crippen molar-refractivity contribution in [2.24, 2.45) is 7.05 Å². The number of aryl methyl sites for hydroxylation is 1. The minimum atomic E-state index is -0.539. The van der Waals surface area contributed by atoms with Gasteiger partial charge in [-0.15, -0.1) is 0 Å². The standard InChI is InChI=1S/C20H26ClN5O2/c1-24(12-16-11-22-25(2)13-16)20(28)19(27)23-18-7-9-26(10-8-18)14-15-3-5-17(21)6-4-15/h3-6,11,13,18H,7-10,12,14H2,1-2H3,(H,23,27). The smallest absolute Gasteiger partial charge is 0.311 e. The summed E-state index contributed by atoms with van der Waals surface area (Å²) < 4.78 is 1.67. The average molecular weight is 404 g/mol. The number of halogens is 1. The summed E-state index contributed by atoms with van der Waals surface area (Å²) in [4.78, 5) is 28.4. The lowest BCUT2D eigenvalue weighted by Gasteiger charge is -2.32. The zero-order chi connectivity index (χ0) is 20.1. The van der Waals surface area contributed by atoms with Gasteiger partial charge in [0.05, 0.1) is 6.20 Å². The van der Waals surface area contributed by atoms with Gasteiger partial charge in [0.1, 0.15) is 0 Å². The molecule has 3 rings (SSSR count). The van der Waals surface area contributed by atoms with Crippen LogP contribution in [0.3, 0.4) is 0 Å². The number of benzene rings is 1. The molecule has 1 aromatic carbocycles. The molecular weight excluding hydrogens is 378 g/mol. The normalized spacial score (nSPS) is 15.4. The molecule has 0 radical (unpaired) electrons. The van der Waals surface area contributed by atoms with Crippen molar-refractivity contribution in [1.82, 2.24) is 24.9 Å². The van der Waals surface area contributed by atoms with E-state index in [2.05, 4.69) is 15.3 Å². The van der Waals surface area contributed by atoms with Crippen molar-refractivity contribution in [2.75, 3.05) is 20.1 Å². The number of carbonyl (C=O) groups is 2. The van der Waals surface area contributed by atoms with E-state index in [1.54, 1.807) is 17.9 Å². The summed E-state index contributed by atoms with van der Waals surface area (Å²) in [6.45, 7) is 2.99. The van der Waals surface area contributed by atoms with Crippen molar-refractivity contribution >= 4 is 23.4 Å². The number of piperidine rings is 1. The molecular formula is C20H26ClN5O2. The van der Waals surface area contributed by atoms with Crippen LogP contribution in [0.4, 0.5) is 0 Å². The molecule has 0 saturated carbocycles. The molecule has 0 bridgehead atoms. The van der Waals surface area contributed by atoms with E-state index in [-0.39, 0.29) is 6.04 Å². The Bertz CT molecular complexity index is 812. The minimum absolute atomic E-state index is 0.0321. The predicted molar refractivity (Wildman–Crippen MR) is 108 cm³/mol. The maximum atomic E-state index is 12.3. The lowest BCUT2D eigenvalue weighted by atomic mass is 10.0. The summed E-state index contributed by atoms with van der Waals surface area (Å²) in [6.07, 6.45) is 5.19. The third-order valence-corrected chi connectivity index (χ3v) is 5.21. The van der Waals surface area contributed by atoms with E-state index >= 15 is 0 Å². The van der Waals surface area contributed by atoms with Crippen LogP contribution in [0.2, 0.25) is 5.02 Å². The van der Waals surface area contributed by atoms with Crippen LogP contribution in [0.15, 0.2) is 36.7 Å². The van der Waals surface area contributed by atoms with Crippen LogP contribution in [-0.4, -0.2) is 57.6 Å². The van der Waals surface area contributed by atoms with E-state index in [0.717, 1.165) is 43.1 Å². The van der Waals surface area contributed by atoms with Gasteiger partial charge in [-0.3, -0.25) is 19.2 Å². The fraction of sp³-hybridized carbons (Fsp3) is 0.450. The molecule has 1 fully saturated rings. The Morgan fingerprint density at radius 2 is 1.89 bits per heavy atom. The average Bonchev–Trinajstić information content (AvgIpc) is 3.09. The molecule has 0 unspecified atom stereocenters. The molecule has 150 valence electrons. The van der Waals surface area contributed by atoms with Gasteiger partial charge in [-0.05, 0) is 30.5 Å². The van der Waals surface area contributed by atoms with Crippen LogP contribution >= 0.6 is 11.6 Å². The molecule has 1 aromatic heterocycles. The summed E-state index contributed by atoms with van der Waals surface area (Å²) in [5.74, 6) is -1.06. The fourth-order valence-electron chi connectivity index (χ4n) is 3.40. The Hall–Kier alpha value is -2.38. The second-order valence-electron chi connectivity index (χ2n) is 7.33. The van der Waals surface area contributed by atoms with Gasteiger partial charge in [-0.25, -0.2) is 0 Å². The number of nitrogens with zero attached hydrogens (tertiary/aromatic N) is 4. The molecule has 2 heterocycles. The number of hydrogen-bond acceptors (Lipinski definition) is 4. The van der Waals surface area contributed by atoms with Crippen LogP contribution in [0, 0.1) is 0 Å². The maximum Gasteiger partial charge on any atom is 0.311 e. The van der Waals surface area contributed by atoms with Crippen molar-refractivity contribution in [3.05, 3.63) is 52.8 Å². The number of nitrogens with one attached hydrogen (secondary N) is 1. The summed E-state index contributed by atoms with van der Waals surface area (Å²) in [7, 11) is 3.45. The first-order valence-corrected chi connectivity index (χ1v) is 9.79. The van der Waals surface area contributed by atoms with Gasteiger partial charge in [-0.1, -0.05) is 23.7 Å². The predicted octanol–water partition coefficient (Wildman–Crippen LogP) is 1.81. The van der Waals surface area contributed by atoms with Crippen molar-refractivity contribution in [1.29, 1.82) is 0 Å². The number of amides is 2. The maximum absolute atomic E-state index is 12.3. The van der Waals surface area contributed by atoms with E-state index in [9.17, 15) is 9.59 Å². The molecule has 28 heavy (non-hydrogen) atoms. The van der Waals surface area contributed by atoms with Crippen LogP contribution in [0.25, 0.3) is 0 Å². The third kappa shape index (κ3) is 5.56.